The lowest BCUT2D eigenvalue weighted by atomic mass is 10.1. The van der Waals surface area contributed by atoms with Crippen molar-refractivity contribution in [3.05, 3.63) is 76.9 Å². The fourth-order valence-corrected chi connectivity index (χ4v) is 2.56. The number of rotatable bonds is 5. The van der Waals surface area contributed by atoms with Crippen LogP contribution in [0.3, 0.4) is 0 Å². The number of carbonyl (C=O) groups is 2. The van der Waals surface area contributed by atoms with Gasteiger partial charge in [-0.3, -0.25) is 14.3 Å². The molecule has 0 bridgehead atoms. The maximum Gasteiger partial charge on any atom is 0.329 e. The van der Waals surface area contributed by atoms with Gasteiger partial charge in [0.25, 0.3) is 0 Å². The quantitative estimate of drug-likeness (QED) is 0.402. The molecular weight excluding hydrogens is 366 g/mol. The topological polar surface area (TPSA) is 102 Å². The van der Waals surface area contributed by atoms with Crippen LogP contribution in [-0.2, 0) is 16.1 Å². The molecule has 0 aliphatic heterocycles. The monoisotopic (exact) mass is 381 g/mol. The Kier molecular flexibility index (Phi) is 5.63. The number of primary amides is 1. The maximum absolute atomic E-state index is 11.2. The predicted molar refractivity (Wildman–Crippen MR) is 103 cm³/mol. The lowest BCUT2D eigenvalue weighted by Crippen LogP contribution is -2.32. The van der Waals surface area contributed by atoms with Crippen molar-refractivity contribution in [3.8, 4) is 11.3 Å². The van der Waals surface area contributed by atoms with E-state index in [9.17, 15) is 9.59 Å². The van der Waals surface area contributed by atoms with Crippen LogP contribution in [0, 0.1) is 0 Å². The average Bonchev–Trinajstić information content (AvgIpc) is 3.05. The van der Waals surface area contributed by atoms with E-state index >= 15 is 0 Å². The zero-order valence-electron chi connectivity index (χ0n) is 14.2. The van der Waals surface area contributed by atoms with E-state index in [1.165, 1.54) is 6.21 Å². The molecule has 0 aliphatic carbocycles. The second-order valence-corrected chi connectivity index (χ2v) is 6.12. The molecular formula is C19H16ClN5O2. The standard InChI is InChI=1S/C19H16ClN5O2/c20-16-8-6-14(7-9-16)17-15(10-22-23-19(27)18(21)26)12-25(24-17)11-13-4-2-1-3-5-13/h1-10,12H,11H2,(H2,21,26)(H,23,27)/b22-10-. The fourth-order valence-electron chi connectivity index (χ4n) is 2.43. The number of nitrogens with one attached hydrogen (secondary N) is 1. The molecule has 7 nitrogen and oxygen atoms in total. The van der Waals surface area contributed by atoms with Crippen molar-refractivity contribution in [2.75, 3.05) is 0 Å². The van der Waals surface area contributed by atoms with E-state index in [1.54, 1.807) is 23.0 Å². The Labute approximate surface area is 160 Å². The molecule has 0 fully saturated rings. The zero-order chi connectivity index (χ0) is 19.2. The Balaban J connectivity index is 1.91. The molecule has 0 saturated carbocycles. The number of amides is 2. The number of hydrogen-bond acceptors (Lipinski definition) is 4. The van der Waals surface area contributed by atoms with E-state index in [1.807, 2.05) is 42.5 Å². The molecule has 3 aromatic rings. The van der Waals surface area contributed by atoms with Gasteiger partial charge in [-0.2, -0.15) is 10.2 Å². The number of carbonyl (C=O) groups excluding carboxylic acids is 2. The van der Waals surface area contributed by atoms with Gasteiger partial charge in [-0.15, -0.1) is 0 Å². The molecule has 136 valence electrons. The van der Waals surface area contributed by atoms with Crippen molar-refractivity contribution in [1.82, 2.24) is 15.2 Å². The highest BCUT2D eigenvalue weighted by molar-refractivity contribution is 6.34. The lowest BCUT2D eigenvalue weighted by molar-refractivity contribution is -0.137. The van der Waals surface area contributed by atoms with Gasteiger partial charge in [0.05, 0.1) is 12.8 Å². The minimum atomic E-state index is -1.11. The van der Waals surface area contributed by atoms with Crippen LogP contribution in [0.5, 0.6) is 0 Å². The lowest BCUT2D eigenvalue weighted by Gasteiger charge is -2.01. The van der Waals surface area contributed by atoms with Gasteiger partial charge in [-0.05, 0) is 17.7 Å². The van der Waals surface area contributed by atoms with Crippen LogP contribution in [0.1, 0.15) is 11.1 Å². The second-order valence-electron chi connectivity index (χ2n) is 5.69. The highest BCUT2D eigenvalue weighted by atomic mass is 35.5. The molecule has 1 aromatic heterocycles. The Morgan fingerprint density at radius 1 is 1.15 bits per heavy atom. The number of hydrazone groups is 1. The molecule has 2 aromatic carbocycles. The van der Waals surface area contributed by atoms with Crippen molar-refractivity contribution < 1.29 is 9.59 Å². The van der Waals surface area contributed by atoms with Gasteiger partial charge in [0.15, 0.2) is 0 Å². The van der Waals surface area contributed by atoms with Crippen LogP contribution in [0.2, 0.25) is 5.02 Å². The minimum absolute atomic E-state index is 0.572. The van der Waals surface area contributed by atoms with Crippen LogP contribution in [0.4, 0.5) is 0 Å². The summed E-state index contributed by atoms with van der Waals surface area (Å²) in [4.78, 5) is 22.0. The summed E-state index contributed by atoms with van der Waals surface area (Å²) in [5.41, 5.74) is 10.2. The van der Waals surface area contributed by atoms with Gasteiger partial charge in [-0.25, -0.2) is 5.43 Å². The van der Waals surface area contributed by atoms with Crippen LogP contribution in [0.15, 0.2) is 65.9 Å². The van der Waals surface area contributed by atoms with Crippen LogP contribution >= 0.6 is 11.6 Å². The molecule has 1 heterocycles. The summed E-state index contributed by atoms with van der Waals surface area (Å²) in [6.07, 6.45) is 3.22. The Morgan fingerprint density at radius 3 is 2.52 bits per heavy atom. The van der Waals surface area contributed by atoms with Gasteiger partial charge in [0, 0.05) is 22.3 Å². The number of aromatic nitrogens is 2. The fraction of sp³-hybridized carbons (Fsp3) is 0.0526. The summed E-state index contributed by atoms with van der Waals surface area (Å²) in [5, 5.41) is 9.02. The number of hydrogen-bond donors (Lipinski definition) is 2. The molecule has 3 N–H and O–H groups in total. The highest BCUT2D eigenvalue weighted by Crippen LogP contribution is 2.23. The largest absolute Gasteiger partial charge is 0.361 e. The summed E-state index contributed by atoms with van der Waals surface area (Å²) >= 11 is 5.96. The first-order valence-corrected chi connectivity index (χ1v) is 8.41. The smallest absolute Gasteiger partial charge is 0.329 e. The zero-order valence-corrected chi connectivity index (χ0v) is 14.9. The minimum Gasteiger partial charge on any atom is -0.361 e. The SMILES string of the molecule is NC(=O)C(=O)N/N=C\c1cn(Cc2ccccc2)nc1-c1ccc(Cl)cc1. The highest BCUT2D eigenvalue weighted by Gasteiger charge is 2.11. The Bertz CT molecular complexity index is 981. The molecule has 27 heavy (non-hydrogen) atoms. The number of nitrogens with zero attached hydrogens (tertiary/aromatic N) is 3. The molecule has 3 rings (SSSR count). The molecule has 0 saturated heterocycles. The average molecular weight is 382 g/mol. The Morgan fingerprint density at radius 2 is 1.85 bits per heavy atom. The molecule has 0 atom stereocenters. The first-order valence-electron chi connectivity index (χ1n) is 8.03. The Hall–Kier alpha value is -3.45. The maximum atomic E-state index is 11.2. The van der Waals surface area contributed by atoms with Crippen molar-refractivity contribution in [2.45, 2.75) is 6.54 Å². The third-order valence-corrected chi connectivity index (χ3v) is 3.94. The van der Waals surface area contributed by atoms with Crippen LogP contribution in [0.25, 0.3) is 11.3 Å². The molecule has 0 spiro atoms. The summed E-state index contributed by atoms with van der Waals surface area (Å²) in [6, 6.07) is 17.1. The van der Waals surface area contributed by atoms with Gasteiger partial charge in [-0.1, -0.05) is 54.1 Å². The molecule has 2 amide bonds. The van der Waals surface area contributed by atoms with E-state index in [2.05, 4.69) is 15.6 Å². The van der Waals surface area contributed by atoms with Crippen molar-refractivity contribution in [3.63, 3.8) is 0 Å². The van der Waals surface area contributed by atoms with Crippen molar-refractivity contribution in [1.29, 1.82) is 0 Å². The second kappa shape index (κ2) is 8.29. The molecule has 0 aliphatic rings. The number of nitrogens with two attached hydrogens (primary N) is 1. The van der Waals surface area contributed by atoms with E-state index in [0.717, 1.165) is 11.1 Å². The summed E-state index contributed by atoms with van der Waals surface area (Å²) in [6.45, 7) is 0.572. The first-order chi connectivity index (χ1) is 13.0. The van der Waals surface area contributed by atoms with Crippen molar-refractivity contribution in [2.24, 2.45) is 10.8 Å². The molecule has 0 radical (unpaired) electrons. The third-order valence-electron chi connectivity index (χ3n) is 3.69. The van der Waals surface area contributed by atoms with E-state index in [0.29, 0.717) is 22.8 Å². The van der Waals surface area contributed by atoms with Gasteiger partial charge >= 0.3 is 11.8 Å². The normalized spacial score (nSPS) is 10.9. The van der Waals surface area contributed by atoms with Crippen LogP contribution < -0.4 is 11.2 Å². The third kappa shape index (κ3) is 4.80. The first kappa shape index (κ1) is 18.3. The summed E-state index contributed by atoms with van der Waals surface area (Å²) in [5.74, 6) is -2.10. The van der Waals surface area contributed by atoms with Gasteiger partial charge in [0.2, 0.25) is 0 Å². The van der Waals surface area contributed by atoms with E-state index < -0.39 is 11.8 Å². The van der Waals surface area contributed by atoms with Crippen LogP contribution in [-0.4, -0.2) is 27.8 Å². The molecule has 8 heteroatoms. The van der Waals surface area contributed by atoms with Gasteiger partial charge < -0.3 is 5.73 Å². The number of halogens is 1. The van der Waals surface area contributed by atoms with E-state index in [4.69, 9.17) is 17.3 Å². The molecule has 0 unspecified atom stereocenters. The van der Waals surface area contributed by atoms with Gasteiger partial charge in [0.1, 0.15) is 5.69 Å². The summed E-state index contributed by atoms with van der Waals surface area (Å²) < 4.78 is 1.77. The van der Waals surface area contributed by atoms with Crippen molar-refractivity contribution >= 4 is 29.6 Å². The predicted octanol–water partition coefficient (Wildman–Crippen LogP) is 2.19. The van der Waals surface area contributed by atoms with E-state index in [-0.39, 0.29) is 0 Å². The number of benzene rings is 2. The summed E-state index contributed by atoms with van der Waals surface area (Å²) in [7, 11) is 0.